The van der Waals surface area contributed by atoms with Gasteiger partial charge in [-0.05, 0) is 18.1 Å². The Morgan fingerprint density at radius 3 is 2.41 bits per heavy atom. The Hall–Kier alpha value is -0.890. The second kappa shape index (κ2) is 6.75. The number of hydrogen-bond acceptors (Lipinski definition) is 2. The Kier molecular flexibility index (Phi) is 5.63. The van der Waals surface area contributed by atoms with Crippen molar-refractivity contribution in [3.63, 3.8) is 0 Å². The number of allylic oxidation sites excluding steroid dienone is 2. The third-order valence-corrected chi connectivity index (χ3v) is 3.59. The molecular weight excluding hydrogens is 212 g/mol. The Bertz CT molecular complexity index is 290. The molecule has 0 radical (unpaired) electrons. The highest BCUT2D eigenvalue weighted by atomic mass is 16.5. The first-order valence-corrected chi connectivity index (χ1v) is 6.64. The Morgan fingerprint density at radius 1 is 1.29 bits per heavy atom. The summed E-state index contributed by atoms with van der Waals surface area (Å²) in [4.78, 5) is 12.3. The SMILES string of the molecule is CCCCC(CC)CC(=O)C1(OC)C=CC=C1. The van der Waals surface area contributed by atoms with Gasteiger partial charge >= 0.3 is 0 Å². The Morgan fingerprint density at radius 2 is 1.94 bits per heavy atom. The molecule has 96 valence electrons. The lowest BCUT2D eigenvalue weighted by molar-refractivity contribution is -0.132. The molecule has 0 spiro atoms. The van der Waals surface area contributed by atoms with Gasteiger partial charge in [-0.2, -0.15) is 0 Å². The highest BCUT2D eigenvalue weighted by molar-refractivity contribution is 5.92. The molecule has 1 atom stereocenters. The van der Waals surface area contributed by atoms with Gasteiger partial charge in [-0.3, -0.25) is 4.79 Å². The zero-order valence-electron chi connectivity index (χ0n) is 11.2. The number of methoxy groups -OCH3 is 1. The van der Waals surface area contributed by atoms with Crippen molar-refractivity contribution in [1.82, 2.24) is 0 Å². The molecule has 0 aliphatic heterocycles. The van der Waals surface area contributed by atoms with Crippen LogP contribution in [0.2, 0.25) is 0 Å². The van der Waals surface area contributed by atoms with Crippen molar-refractivity contribution in [2.45, 2.75) is 51.6 Å². The molecule has 17 heavy (non-hydrogen) atoms. The van der Waals surface area contributed by atoms with Crippen LogP contribution >= 0.6 is 0 Å². The smallest absolute Gasteiger partial charge is 0.172 e. The number of ketones is 1. The van der Waals surface area contributed by atoms with E-state index in [1.807, 2.05) is 24.3 Å². The lowest BCUT2D eigenvalue weighted by atomic mass is 9.87. The number of Topliss-reactive ketones (excluding diaryl/α,β-unsaturated/α-hetero) is 1. The fourth-order valence-electron chi connectivity index (χ4n) is 2.25. The normalized spacial score (nSPS) is 18.5. The lowest BCUT2D eigenvalue weighted by Crippen LogP contribution is -2.36. The first kappa shape index (κ1) is 14.2. The van der Waals surface area contributed by atoms with E-state index in [1.165, 1.54) is 12.8 Å². The molecule has 1 aliphatic rings. The van der Waals surface area contributed by atoms with Gasteiger partial charge in [-0.15, -0.1) is 0 Å². The van der Waals surface area contributed by atoms with Gasteiger partial charge in [0.15, 0.2) is 11.4 Å². The predicted octanol–water partition coefficient (Wildman–Crippen LogP) is 3.67. The third-order valence-electron chi connectivity index (χ3n) is 3.59. The van der Waals surface area contributed by atoms with Gasteiger partial charge in [0, 0.05) is 13.5 Å². The molecule has 0 heterocycles. The summed E-state index contributed by atoms with van der Waals surface area (Å²) in [5.41, 5.74) is -0.778. The van der Waals surface area contributed by atoms with Crippen LogP contribution in [0.4, 0.5) is 0 Å². The summed E-state index contributed by atoms with van der Waals surface area (Å²) >= 11 is 0. The average Bonchev–Trinajstić information content (AvgIpc) is 2.84. The van der Waals surface area contributed by atoms with Crippen molar-refractivity contribution in [2.24, 2.45) is 5.92 Å². The predicted molar refractivity (Wildman–Crippen MR) is 71.0 cm³/mol. The lowest BCUT2D eigenvalue weighted by Gasteiger charge is -2.24. The van der Waals surface area contributed by atoms with Gasteiger partial charge in [-0.1, -0.05) is 51.7 Å². The van der Waals surface area contributed by atoms with E-state index in [0.717, 1.165) is 12.8 Å². The minimum atomic E-state index is -0.778. The molecule has 0 aromatic carbocycles. The van der Waals surface area contributed by atoms with E-state index in [0.29, 0.717) is 12.3 Å². The third kappa shape index (κ3) is 3.53. The second-order valence-corrected chi connectivity index (χ2v) is 4.76. The number of ether oxygens (including phenoxy) is 1. The maximum atomic E-state index is 12.3. The van der Waals surface area contributed by atoms with E-state index in [2.05, 4.69) is 13.8 Å². The molecule has 0 fully saturated rings. The number of rotatable bonds is 8. The van der Waals surface area contributed by atoms with Gasteiger partial charge in [-0.25, -0.2) is 0 Å². The van der Waals surface area contributed by atoms with Crippen LogP contribution < -0.4 is 0 Å². The molecule has 0 aromatic rings. The molecule has 0 N–H and O–H groups in total. The molecule has 0 amide bonds. The molecule has 2 heteroatoms. The quantitative estimate of drug-likeness (QED) is 0.642. The van der Waals surface area contributed by atoms with Gasteiger partial charge in [0.1, 0.15) is 0 Å². The molecule has 0 saturated carbocycles. The summed E-state index contributed by atoms with van der Waals surface area (Å²) < 4.78 is 5.39. The zero-order chi connectivity index (χ0) is 12.7. The topological polar surface area (TPSA) is 26.3 Å². The number of hydrogen-bond donors (Lipinski definition) is 0. The molecular formula is C15H24O2. The molecule has 1 rings (SSSR count). The van der Waals surface area contributed by atoms with Crippen LogP contribution in [0.15, 0.2) is 24.3 Å². The number of carbonyl (C=O) groups excluding carboxylic acids is 1. The summed E-state index contributed by atoms with van der Waals surface area (Å²) in [6.07, 6.45) is 12.7. The van der Waals surface area contributed by atoms with E-state index in [9.17, 15) is 4.79 Å². The highest BCUT2D eigenvalue weighted by Gasteiger charge is 2.35. The number of carbonyl (C=O) groups is 1. The standard InChI is InChI=1S/C15H24O2/c1-4-6-9-13(5-2)12-14(16)15(17-3)10-7-8-11-15/h7-8,10-11,13H,4-6,9,12H2,1-3H3. The van der Waals surface area contributed by atoms with Crippen molar-refractivity contribution in [1.29, 1.82) is 0 Å². The summed E-state index contributed by atoms with van der Waals surface area (Å²) in [6, 6.07) is 0. The first-order valence-electron chi connectivity index (χ1n) is 6.64. The van der Waals surface area contributed by atoms with Gasteiger partial charge in [0.25, 0.3) is 0 Å². The molecule has 0 saturated heterocycles. The molecule has 2 nitrogen and oxygen atoms in total. The minimum absolute atomic E-state index is 0.188. The van der Waals surface area contributed by atoms with Crippen LogP contribution in [0, 0.1) is 5.92 Å². The van der Waals surface area contributed by atoms with Crippen LogP contribution in [-0.2, 0) is 9.53 Å². The van der Waals surface area contributed by atoms with E-state index in [4.69, 9.17) is 4.74 Å². The van der Waals surface area contributed by atoms with E-state index in [-0.39, 0.29) is 5.78 Å². The summed E-state index contributed by atoms with van der Waals surface area (Å²) in [7, 11) is 1.60. The summed E-state index contributed by atoms with van der Waals surface area (Å²) in [5.74, 6) is 0.685. The molecule has 0 bridgehead atoms. The van der Waals surface area contributed by atoms with Gasteiger partial charge in [0.05, 0.1) is 0 Å². The molecule has 1 aliphatic carbocycles. The fourth-order valence-corrected chi connectivity index (χ4v) is 2.25. The maximum absolute atomic E-state index is 12.3. The van der Waals surface area contributed by atoms with Crippen molar-refractivity contribution >= 4 is 5.78 Å². The van der Waals surface area contributed by atoms with E-state index < -0.39 is 5.60 Å². The Labute approximate surface area is 105 Å². The zero-order valence-corrected chi connectivity index (χ0v) is 11.2. The van der Waals surface area contributed by atoms with Crippen LogP contribution in [0.5, 0.6) is 0 Å². The largest absolute Gasteiger partial charge is 0.362 e. The van der Waals surface area contributed by atoms with Crippen molar-refractivity contribution in [3.05, 3.63) is 24.3 Å². The number of unbranched alkanes of at least 4 members (excludes halogenated alkanes) is 1. The Balaban J connectivity index is 2.57. The monoisotopic (exact) mass is 236 g/mol. The fraction of sp³-hybridized carbons (Fsp3) is 0.667. The van der Waals surface area contributed by atoms with E-state index >= 15 is 0 Å². The van der Waals surface area contributed by atoms with Crippen LogP contribution in [0.3, 0.4) is 0 Å². The average molecular weight is 236 g/mol. The van der Waals surface area contributed by atoms with E-state index in [1.54, 1.807) is 7.11 Å². The van der Waals surface area contributed by atoms with Crippen LogP contribution in [0.25, 0.3) is 0 Å². The molecule has 0 aromatic heterocycles. The summed E-state index contributed by atoms with van der Waals surface area (Å²) in [5, 5.41) is 0. The van der Waals surface area contributed by atoms with Crippen LogP contribution in [-0.4, -0.2) is 18.5 Å². The van der Waals surface area contributed by atoms with Crippen molar-refractivity contribution < 1.29 is 9.53 Å². The minimum Gasteiger partial charge on any atom is -0.362 e. The first-order chi connectivity index (χ1) is 8.18. The van der Waals surface area contributed by atoms with Gasteiger partial charge < -0.3 is 4.74 Å². The van der Waals surface area contributed by atoms with Crippen molar-refractivity contribution in [3.8, 4) is 0 Å². The maximum Gasteiger partial charge on any atom is 0.172 e. The van der Waals surface area contributed by atoms with Gasteiger partial charge in [0.2, 0.25) is 0 Å². The molecule has 1 unspecified atom stereocenters. The second-order valence-electron chi connectivity index (χ2n) is 4.76. The highest BCUT2D eigenvalue weighted by Crippen LogP contribution is 2.27. The summed E-state index contributed by atoms with van der Waals surface area (Å²) in [6.45, 7) is 4.35. The van der Waals surface area contributed by atoms with Crippen molar-refractivity contribution in [2.75, 3.05) is 7.11 Å². The van der Waals surface area contributed by atoms with Crippen LogP contribution in [0.1, 0.15) is 46.0 Å².